The monoisotopic (exact) mass is 1860 g/mol. The van der Waals surface area contributed by atoms with E-state index < -0.39 is 311 Å². The number of phenols is 22. The second-order valence-electron chi connectivity index (χ2n) is 28.1. The zero-order chi connectivity index (χ0) is 97.9. The van der Waals surface area contributed by atoms with Gasteiger partial charge in [0.15, 0.2) is 126 Å². The van der Waals surface area contributed by atoms with Crippen LogP contribution in [-0.4, -0.2) is 188 Å². The van der Waals surface area contributed by atoms with E-state index in [4.69, 9.17) is 52.1 Å². The lowest BCUT2D eigenvalue weighted by molar-refractivity contribution is 0.0697. The van der Waals surface area contributed by atoms with Crippen LogP contribution in [0.2, 0.25) is 0 Å². The van der Waals surface area contributed by atoms with E-state index in [0.29, 0.717) is 140 Å². The smallest absolute Gasteiger partial charge is 0.361 e. The number of aryl methyl sites for hydroxylation is 3. The number of aromatic hydroxyl groups is 22. The number of aromatic nitrogens is 2. The molecule has 13 aromatic rings. The van der Waals surface area contributed by atoms with Crippen molar-refractivity contribution < 1.29 is 217 Å². The minimum atomic E-state index is -1.65. The Morgan fingerprint density at radius 3 is 0.600 bits per heavy atom. The molecule has 13 rings (SSSR count). The number of benzene rings is 12. The van der Waals surface area contributed by atoms with Crippen molar-refractivity contribution in [2.45, 2.75) is 19.8 Å². The Kier molecular flexibility index (Phi) is 25.5. The molecular formula is C89H58N2O44. The summed E-state index contributed by atoms with van der Waals surface area (Å²) in [7, 11) is 0. The minimum Gasteiger partial charge on any atom is -0.504 e. The molecule has 46 heteroatoms. The number of nitrogens with one attached hydrogen (secondary N) is 1. The van der Waals surface area contributed by atoms with Crippen molar-refractivity contribution in [3.63, 3.8) is 0 Å². The van der Waals surface area contributed by atoms with Crippen molar-refractivity contribution in [1.29, 1.82) is 0 Å². The van der Waals surface area contributed by atoms with Crippen LogP contribution in [0.15, 0.2) is 170 Å². The van der Waals surface area contributed by atoms with Crippen LogP contribution < -0.4 is 52.1 Å². The van der Waals surface area contributed by atoms with Gasteiger partial charge in [-0.3, -0.25) is 5.10 Å². The number of H-pyrrole nitrogens is 1. The first kappa shape index (κ1) is 92.3. The Balaban J connectivity index is 0.705. The summed E-state index contributed by atoms with van der Waals surface area (Å²) in [6.45, 7) is 1.89. The number of esters is 11. The average Bonchev–Trinajstić information content (AvgIpc) is 1.10. The maximum atomic E-state index is 14.2. The predicted molar refractivity (Wildman–Crippen MR) is 439 cm³/mol. The van der Waals surface area contributed by atoms with Gasteiger partial charge in [-0.05, 0) is 153 Å². The molecule has 688 valence electrons. The van der Waals surface area contributed by atoms with Crippen LogP contribution in [0.3, 0.4) is 0 Å². The van der Waals surface area contributed by atoms with Gasteiger partial charge in [0.25, 0.3) is 0 Å². The summed E-state index contributed by atoms with van der Waals surface area (Å²) in [5.74, 6) is -52.8. The SMILES string of the molecule is Cc1ccc(CCc2cc(C(=O)Oc3cc(OC(=O)c4cc(O)c(O)c(OC(=O)c5cc(O)c(O)c(OC(=O)c6cc(O)c(O)c(OC(=O)c7cc(O)c(O)c(OC(=O)c8cc(O)c(O)c(O)c8)c7)c6)c5)c4)cc(OC(=O)c4cc(O)c(O)c(OC(=O)c5cc(O)c(O)c(OC(=O)c6cc(O)c(O)c(OC(=O)c7cc(O)c(O)c(OC(=O)c8cc(O)c(O)c(O)c8)c7)c6)c5)c4)c3)[nH]n2)cc1. The highest BCUT2D eigenvalue weighted by Crippen LogP contribution is 2.49. The second kappa shape index (κ2) is 37.3. The average molecular weight is 1860 g/mol. The zero-order valence-electron chi connectivity index (χ0n) is 67.3. The molecule has 0 aliphatic heterocycles. The Morgan fingerprint density at radius 2 is 0.393 bits per heavy atom. The highest BCUT2D eigenvalue weighted by Gasteiger charge is 2.33. The molecule has 0 saturated carbocycles. The summed E-state index contributed by atoms with van der Waals surface area (Å²) in [6, 6.07) is 22.7. The third kappa shape index (κ3) is 20.4. The second-order valence-corrected chi connectivity index (χ2v) is 28.1. The normalized spacial score (nSPS) is 10.9. The fraction of sp³-hybridized carbons (Fsp3) is 0.0337. The number of aromatic amines is 1. The van der Waals surface area contributed by atoms with E-state index >= 15 is 0 Å². The molecule has 0 unspecified atom stereocenters. The fourth-order valence-corrected chi connectivity index (χ4v) is 11.9. The van der Waals surface area contributed by atoms with Crippen molar-refractivity contribution in [3.05, 3.63) is 248 Å². The molecule has 0 amide bonds. The summed E-state index contributed by atoms with van der Waals surface area (Å²) in [6.07, 6.45) is 0.777. The third-order valence-corrected chi connectivity index (χ3v) is 18.7. The van der Waals surface area contributed by atoms with Crippen LogP contribution in [0.1, 0.15) is 131 Å². The van der Waals surface area contributed by atoms with Crippen LogP contribution in [0.25, 0.3) is 0 Å². The molecule has 0 atom stereocenters. The topological polar surface area (TPSA) is 763 Å². The molecular weight excluding hydrogens is 1800 g/mol. The first-order valence-electron chi connectivity index (χ1n) is 37.5. The number of nitrogens with zero attached hydrogens (tertiary/aromatic N) is 1. The number of carbonyl (C=O) groups excluding carboxylic acids is 11. The molecule has 1 aromatic heterocycles. The van der Waals surface area contributed by atoms with Gasteiger partial charge >= 0.3 is 65.7 Å². The van der Waals surface area contributed by atoms with Gasteiger partial charge in [0.1, 0.15) is 22.9 Å². The zero-order valence-corrected chi connectivity index (χ0v) is 67.3. The Bertz CT molecular complexity index is 6780. The Labute approximate surface area is 747 Å². The summed E-state index contributed by atoms with van der Waals surface area (Å²) in [4.78, 5) is 150. The van der Waals surface area contributed by atoms with E-state index in [9.17, 15) is 165 Å². The van der Waals surface area contributed by atoms with Gasteiger partial charge in [-0.25, -0.2) is 52.7 Å². The number of ether oxygens (including phenoxy) is 11. The lowest BCUT2D eigenvalue weighted by Crippen LogP contribution is -2.14. The van der Waals surface area contributed by atoms with E-state index in [1.807, 2.05) is 31.2 Å². The molecule has 135 heavy (non-hydrogen) atoms. The molecule has 0 saturated heterocycles. The minimum absolute atomic E-state index is 0.262. The largest absolute Gasteiger partial charge is 0.504 e. The molecule has 0 bridgehead atoms. The highest BCUT2D eigenvalue weighted by molar-refractivity contribution is 6.02. The van der Waals surface area contributed by atoms with Gasteiger partial charge in [-0.1, -0.05) is 29.8 Å². The molecule has 0 spiro atoms. The number of rotatable bonds is 25. The first-order chi connectivity index (χ1) is 63.8. The Morgan fingerprint density at radius 1 is 0.215 bits per heavy atom. The lowest BCUT2D eigenvalue weighted by atomic mass is 10.1. The van der Waals surface area contributed by atoms with Crippen molar-refractivity contribution in [2.24, 2.45) is 0 Å². The van der Waals surface area contributed by atoms with Crippen LogP contribution in [0, 0.1) is 6.92 Å². The number of hydrogen-bond acceptors (Lipinski definition) is 45. The number of phenolic OH excluding ortho intramolecular Hbond substituents is 22. The molecule has 12 aromatic carbocycles. The van der Waals surface area contributed by atoms with Gasteiger partial charge in [0, 0.05) is 18.2 Å². The van der Waals surface area contributed by atoms with Gasteiger partial charge in [0.2, 0.25) is 46.0 Å². The predicted octanol–water partition coefficient (Wildman–Crippen LogP) is 9.44. The maximum Gasteiger partial charge on any atom is 0.361 e. The van der Waals surface area contributed by atoms with E-state index in [2.05, 4.69) is 10.2 Å². The van der Waals surface area contributed by atoms with Crippen LogP contribution >= 0.6 is 0 Å². The van der Waals surface area contributed by atoms with Crippen LogP contribution in [-0.2, 0) is 12.8 Å². The maximum absolute atomic E-state index is 14.2. The van der Waals surface area contributed by atoms with Crippen LogP contribution in [0.5, 0.6) is 190 Å². The Hall–Kier alpha value is -20.4. The van der Waals surface area contributed by atoms with Gasteiger partial charge in [-0.2, -0.15) is 5.10 Å². The molecule has 23 N–H and O–H groups in total. The van der Waals surface area contributed by atoms with E-state index in [1.54, 1.807) is 0 Å². The van der Waals surface area contributed by atoms with E-state index in [0.717, 1.165) is 29.3 Å². The molecule has 46 nitrogen and oxygen atoms in total. The van der Waals surface area contributed by atoms with Gasteiger partial charge < -0.3 is 164 Å². The summed E-state index contributed by atoms with van der Waals surface area (Å²) >= 11 is 0. The summed E-state index contributed by atoms with van der Waals surface area (Å²) in [5.41, 5.74) is -5.82. The fourth-order valence-electron chi connectivity index (χ4n) is 11.9. The standard InChI is InChI=1S/C89H58N2O44/c1-32-2-4-33(5-3-32)6-7-44-28-48(91-90-44)89(124)127-47-30-45(125-79(114)36-12-53(96)71(106)61(20-36)130-83(118)40-16-57(100)75(110)65(24-40)134-87(122)42-18-59(102)77(112)67(26-42)132-85(120)38-14-55(98)73(108)63(22-38)128-81(116)34-8-49(92)69(104)50(93)9-34)29-46(31-47)126-80(115)37-13-54(97)72(107)62(21-37)131-84(119)41-17-58(101)76(111)66(25-41)135-88(123)43-19-60(103)78(113)68(27-43)133-86(121)39-15-56(99)74(109)64(23-39)129-82(117)35-10-51(94)70(105)52(95)11-35/h2-5,8-31,92-113H,6-7H2,1H3,(H,90,91). The number of carbonyl (C=O) groups is 11. The van der Waals surface area contributed by atoms with E-state index in [1.165, 1.54) is 6.07 Å². The van der Waals surface area contributed by atoms with Gasteiger partial charge in [-0.15, -0.1) is 0 Å². The van der Waals surface area contributed by atoms with Crippen LogP contribution in [0.4, 0.5) is 0 Å². The third-order valence-electron chi connectivity index (χ3n) is 18.7. The molecule has 0 fully saturated rings. The van der Waals surface area contributed by atoms with Crippen molar-refractivity contribution >= 4 is 65.7 Å². The summed E-state index contributed by atoms with van der Waals surface area (Å²) < 4.78 is 57.7. The van der Waals surface area contributed by atoms with E-state index in [-0.39, 0.29) is 5.69 Å². The number of hydrogen-bond donors (Lipinski definition) is 23. The summed E-state index contributed by atoms with van der Waals surface area (Å²) in [5, 5.41) is 236. The highest BCUT2D eigenvalue weighted by atomic mass is 16.6. The van der Waals surface area contributed by atoms with Crippen molar-refractivity contribution in [3.8, 4) is 190 Å². The van der Waals surface area contributed by atoms with Gasteiger partial charge in [0.05, 0.1) is 61.3 Å². The quantitative estimate of drug-likeness (QED) is 0.0144. The first-order valence-corrected chi connectivity index (χ1v) is 37.5. The molecule has 0 aliphatic carbocycles. The lowest BCUT2D eigenvalue weighted by Gasteiger charge is -2.14. The van der Waals surface area contributed by atoms with Crippen molar-refractivity contribution in [2.75, 3.05) is 0 Å². The molecule has 0 aliphatic rings. The van der Waals surface area contributed by atoms with Crippen molar-refractivity contribution in [1.82, 2.24) is 10.2 Å². The molecule has 1 heterocycles. The molecule has 0 radical (unpaired) electrons.